The molecule has 0 unspecified atom stereocenters. The van der Waals surface area contributed by atoms with Crippen LogP contribution in [0.25, 0.3) is 0 Å². The molecule has 0 saturated heterocycles. The molecule has 1 aromatic carbocycles. The third-order valence-electron chi connectivity index (χ3n) is 2.11. The molecule has 0 fully saturated rings. The van der Waals surface area contributed by atoms with Gasteiger partial charge in [-0.05, 0) is 43.2 Å². The third-order valence-corrected chi connectivity index (χ3v) is 3.28. The summed E-state index contributed by atoms with van der Waals surface area (Å²) in [7, 11) is 0. The zero-order chi connectivity index (χ0) is 11.1. The SMILES string of the molecule is Cc1ccc(SCCCCC#N)c(N)c1. The van der Waals surface area contributed by atoms with Crippen molar-refractivity contribution >= 4 is 17.4 Å². The highest BCUT2D eigenvalue weighted by molar-refractivity contribution is 7.99. The molecule has 2 nitrogen and oxygen atoms in total. The average molecular weight is 220 g/mol. The number of thioether (sulfide) groups is 1. The van der Waals surface area contributed by atoms with Crippen LogP contribution in [0.2, 0.25) is 0 Å². The molecule has 3 heteroatoms. The number of nitriles is 1. The lowest BCUT2D eigenvalue weighted by atomic mass is 10.2. The Morgan fingerprint density at radius 1 is 1.40 bits per heavy atom. The van der Waals surface area contributed by atoms with E-state index in [0.717, 1.165) is 29.2 Å². The first-order valence-corrected chi connectivity index (χ1v) is 6.08. The molecule has 15 heavy (non-hydrogen) atoms. The van der Waals surface area contributed by atoms with E-state index in [9.17, 15) is 0 Å². The monoisotopic (exact) mass is 220 g/mol. The Balaban J connectivity index is 2.35. The van der Waals surface area contributed by atoms with Crippen LogP contribution in [-0.4, -0.2) is 5.75 Å². The molecule has 1 aromatic rings. The fourth-order valence-corrected chi connectivity index (χ4v) is 2.25. The lowest BCUT2D eigenvalue weighted by Gasteiger charge is -2.05. The topological polar surface area (TPSA) is 49.8 Å². The number of hydrogen-bond donors (Lipinski definition) is 1. The van der Waals surface area contributed by atoms with Gasteiger partial charge in [-0.1, -0.05) is 6.07 Å². The van der Waals surface area contributed by atoms with Gasteiger partial charge in [0, 0.05) is 17.0 Å². The van der Waals surface area contributed by atoms with Crippen LogP contribution in [0.3, 0.4) is 0 Å². The Morgan fingerprint density at radius 2 is 2.20 bits per heavy atom. The average Bonchev–Trinajstić information content (AvgIpc) is 2.20. The number of nitrogen functional groups attached to an aromatic ring is 1. The van der Waals surface area contributed by atoms with E-state index in [1.54, 1.807) is 11.8 Å². The van der Waals surface area contributed by atoms with E-state index in [1.807, 2.05) is 13.0 Å². The number of nitrogens with zero attached hydrogens (tertiary/aromatic N) is 1. The van der Waals surface area contributed by atoms with Crippen LogP contribution in [0, 0.1) is 18.3 Å². The van der Waals surface area contributed by atoms with Crippen molar-refractivity contribution in [1.82, 2.24) is 0 Å². The maximum atomic E-state index is 8.38. The predicted molar refractivity (Wildman–Crippen MR) is 65.8 cm³/mol. The normalized spacial score (nSPS) is 9.87. The molecule has 80 valence electrons. The molecule has 0 aliphatic heterocycles. The Bertz CT molecular complexity index is 355. The summed E-state index contributed by atoms with van der Waals surface area (Å²) >= 11 is 1.77. The number of benzene rings is 1. The Kier molecular flexibility index (Phi) is 5.06. The molecule has 0 saturated carbocycles. The highest BCUT2D eigenvalue weighted by Gasteiger charge is 1.99. The van der Waals surface area contributed by atoms with Gasteiger partial charge in [-0.2, -0.15) is 5.26 Å². The molecule has 1 rings (SSSR count). The summed E-state index contributed by atoms with van der Waals surface area (Å²) in [5.74, 6) is 1.04. The largest absolute Gasteiger partial charge is 0.398 e. The zero-order valence-electron chi connectivity index (χ0n) is 8.99. The zero-order valence-corrected chi connectivity index (χ0v) is 9.81. The molecule has 2 N–H and O–H groups in total. The minimum absolute atomic E-state index is 0.657. The van der Waals surface area contributed by atoms with Crippen molar-refractivity contribution in [2.75, 3.05) is 11.5 Å². The Labute approximate surface area is 95.5 Å². The maximum absolute atomic E-state index is 8.38. The molecule has 0 heterocycles. The van der Waals surface area contributed by atoms with Gasteiger partial charge in [-0.15, -0.1) is 11.8 Å². The van der Waals surface area contributed by atoms with E-state index in [0.29, 0.717) is 6.42 Å². The predicted octanol–water partition coefficient (Wildman–Crippen LogP) is 3.36. The molecule has 0 atom stereocenters. The van der Waals surface area contributed by atoms with E-state index in [4.69, 9.17) is 11.0 Å². The molecular formula is C12H16N2S. The van der Waals surface area contributed by atoms with E-state index < -0.39 is 0 Å². The van der Waals surface area contributed by atoms with Crippen LogP contribution in [0.1, 0.15) is 24.8 Å². The molecule has 0 spiro atoms. The molecule has 0 radical (unpaired) electrons. The van der Waals surface area contributed by atoms with E-state index in [-0.39, 0.29) is 0 Å². The number of hydrogen-bond acceptors (Lipinski definition) is 3. The summed E-state index contributed by atoms with van der Waals surface area (Å²) in [5, 5.41) is 8.38. The van der Waals surface area contributed by atoms with Gasteiger partial charge in [0.1, 0.15) is 0 Å². The van der Waals surface area contributed by atoms with Crippen LogP contribution in [0.4, 0.5) is 5.69 Å². The standard InChI is InChI=1S/C12H16N2S/c1-10-5-6-12(11(14)9-10)15-8-4-2-3-7-13/h5-6,9H,2-4,8,14H2,1H3. The lowest BCUT2D eigenvalue weighted by Crippen LogP contribution is -1.90. The Hall–Kier alpha value is -1.14. The van der Waals surface area contributed by atoms with Gasteiger partial charge >= 0.3 is 0 Å². The summed E-state index contributed by atoms with van der Waals surface area (Å²) in [6.45, 7) is 2.04. The number of anilines is 1. The highest BCUT2D eigenvalue weighted by atomic mass is 32.2. The van der Waals surface area contributed by atoms with Crippen LogP contribution in [0.15, 0.2) is 23.1 Å². The summed E-state index contributed by atoms with van der Waals surface area (Å²) < 4.78 is 0. The van der Waals surface area contributed by atoms with Crippen molar-refractivity contribution in [2.24, 2.45) is 0 Å². The lowest BCUT2D eigenvalue weighted by molar-refractivity contribution is 0.830. The van der Waals surface area contributed by atoms with Gasteiger partial charge in [-0.25, -0.2) is 0 Å². The first kappa shape index (κ1) is 11.9. The van der Waals surface area contributed by atoms with E-state index >= 15 is 0 Å². The second-order valence-electron chi connectivity index (χ2n) is 3.50. The van der Waals surface area contributed by atoms with Gasteiger partial charge in [0.15, 0.2) is 0 Å². The van der Waals surface area contributed by atoms with Crippen molar-refractivity contribution in [2.45, 2.75) is 31.1 Å². The molecule has 0 amide bonds. The Morgan fingerprint density at radius 3 is 2.87 bits per heavy atom. The van der Waals surface area contributed by atoms with Crippen LogP contribution < -0.4 is 5.73 Å². The van der Waals surface area contributed by atoms with Crippen LogP contribution in [-0.2, 0) is 0 Å². The summed E-state index contributed by atoms with van der Waals surface area (Å²) in [4.78, 5) is 1.15. The van der Waals surface area contributed by atoms with Gasteiger partial charge in [-0.3, -0.25) is 0 Å². The van der Waals surface area contributed by atoms with E-state index in [2.05, 4.69) is 18.2 Å². The first-order valence-electron chi connectivity index (χ1n) is 5.10. The number of nitrogens with two attached hydrogens (primary N) is 1. The third kappa shape index (κ3) is 4.26. The van der Waals surface area contributed by atoms with Gasteiger partial charge < -0.3 is 5.73 Å². The quantitative estimate of drug-likeness (QED) is 0.470. The van der Waals surface area contributed by atoms with Crippen molar-refractivity contribution in [1.29, 1.82) is 5.26 Å². The smallest absolute Gasteiger partial charge is 0.0621 e. The van der Waals surface area contributed by atoms with Gasteiger partial charge in [0.25, 0.3) is 0 Å². The summed E-state index contributed by atoms with van der Waals surface area (Å²) in [6.07, 6.45) is 2.71. The van der Waals surface area contributed by atoms with Crippen molar-refractivity contribution < 1.29 is 0 Å². The van der Waals surface area contributed by atoms with Crippen LogP contribution >= 0.6 is 11.8 Å². The van der Waals surface area contributed by atoms with Crippen molar-refractivity contribution in [3.63, 3.8) is 0 Å². The molecule has 0 bridgehead atoms. The molecule has 0 aliphatic rings. The minimum atomic E-state index is 0.657. The second-order valence-corrected chi connectivity index (χ2v) is 4.64. The molecular weight excluding hydrogens is 204 g/mol. The summed E-state index contributed by atoms with van der Waals surface area (Å²) in [6, 6.07) is 8.30. The van der Waals surface area contributed by atoms with Gasteiger partial charge in [0.2, 0.25) is 0 Å². The number of unbranched alkanes of at least 4 members (excludes halogenated alkanes) is 2. The van der Waals surface area contributed by atoms with Gasteiger partial charge in [0.05, 0.1) is 6.07 Å². The molecule has 0 aromatic heterocycles. The van der Waals surface area contributed by atoms with E-state index in [1.165, 1.54) is 5.56 Å². The highest BCUT2D eigenvalue weighted by Crippen LogP contribution is 2.26. The minimum Gasteiger partial charge on any atom is -0.398 e. The number of rotatable bonds is 5. The molecule has 0 aliphatic carbocycles. The fourth-order valence-electron chi connectivity index (χ4n) is 1.29. The number of aryl methyl sites for hydroxylation is 1. The summed E-state index contributed by atoms with van der Waals surface area (Å²) in [5.41, 5.74) is 7.95. The first-order chi connectivity index (χ1) is 7.24. The fraction of sp³-hybridized carbons (Fsp3) is 0.417. The second kappa shape index (κ2) is 6.36. The maximum Gasteiger partial charge on any atom is 0.0621 e. The van der Waals surface area contributed by atoms with Crippen molar-refractivity contribution in [3.8, 4) is 6.07 Å². The van der Waals surface area contributed by atoms with Crippen molar-refractivity contribution in [3.05, 3.63) is 23.8 Å². The van der Waals surface area contributed by atoms with Crippen LogP contribution in [0.5, 0.6) is 0 Å².